The van der Waals surface area contributed by atoms with Gasteiger partial charge < -0.3 is 10.1 Å². The van der Waals surface area contributed by atoms with Crippen LogP contribution in [0, 0.1) is 5.82 Å². The van der Waals surface area contributed by atoms with Gasteiger partial charge in [-0.25, -0.2) is 4.39 Å². The fraction of sp³-hybridized carbons (Fsp3) is 0.188. The average Bonchev–Trinajstić information content (AvgIpc) is 2.46. The zero-order valence-electron chi connectivity index (χ0n) is 11.5. The van der Waals surface area contributed by atoms with E-state index < -0.39 is 5.82 Å². The molecule has 2 rings (SSSR count). The van der Waals surface area contributed by atoms with Crippen molar-refractivity contribution in [3.8, 4) is 5.75 Å². The Morgan fingerprint density at radius 3 is 2.81 bits per heavy atom. The van der Waals surface area contributed by atoms with Gasteiger partial charge in [-0.3, -0.25) is 4.79 Å². The van der Waals surface area contributed by atoms with Crippen LogP contribution in [0.5, 0.6) is 5.75 Å². The SMILES string of the molecule is CCc1cccc(NC(=O)COc2ccc(Br)cc2F)c1. The van der Waals surface area contributed by atoms with E-state index >= 15 is 0 Å². The summed E-state index contributed by atoms with van der Waals surface area (Å²) in [5.74, 6) is -0.786. The van der Waals surface area contributed by atoms with Crippen LogP contribution in [-0.2, 0) is 11.2 Å². The van der Waals surface area contributed by atoms with Crippen molar-refractivity contribution in [3.05, 3.63) is 58.3 Å². The van der Waals surface area contributed by atoms with Gasteiger partial charge in [0.15, 0.2) is 18.2 Å². The lowest BCUT2D eigenvalue weighted by molar-refractivity contribution is -0.118. The second kappa shape index (κ2) is 7.22. The number of nitrogens with one attached hydrogen (secondary N) is 1. The van der Waals surface area contributed by atoms with Crippen molar-refractivity contribution in [3.63, 3.8) is 0 Å². The number of anilines is 1. The van der Waals surface area contributed by atoms with Crippen LogP contribution in [0.1, 0.15) is 12.5 Å². The number of carbonyl (C=O) groups is 1. The van der Waals surface area contributed by atoms with E-state index in [4.69, 9.17) is 4.74 Å². The summed E-state index contributed by atoms with van der Waals surface area (Å²) >= 11 is 3.16. The maximum Gasteiger partial charge on any atom is 0.262 e. The van der Waals surface area contributed by atoms with Crippen LogP contribution in [0.3, 0.4) is 0 Å². The van der Waals surface area contributed by atoms with E-state index in [0.717, 1.165) is 12.0 Å². The van der Waals surface area contributed by atoms with Crippen molar-refractivity contribution in [2.75, 3.05) is 11.9 Å². The number of hydrogen-bond acceptors (Lipinski definition) is 2. The zero-order valence-corrected chi connectivity index (χ0v) is 13.1. The third kappa shape index (κ3) is 4.56. The highest BCUT2D eigenvalue weighted by Crippen LogP contribution is 2.21. The van der Waals surface area contributed by atoms with Crippen molar-refractivity contribution in [1.29, 1.82) is 0 Å². The van der Waals surface area contributed by atoms with E-state index in [1.54, 1.807) is 12.1 Å². The third-order valence-electron chi connectivity index (χ3n) is 2.87. The van der Waals surface area contributed by atoms with Crippen molar-refractivity contribution >= 4 is 27.5 Å². The van der Waals surface area contributed by atoms with Crippen molar-refractivity contribution < 1.29 is 13.9 Å². The van der Waals surface area contributed by atoms with Crippen LogP contribution >= 0.6 is 15.9 Å². The number of halogens is 2. The van der Waals surface area contributed by atoms with Gasteiger partial charge in [-0.05, 0) is 42.3 Å². The molecule has 5 heteroatoms. The van der Waals surface area contributed by atoms with E-state index in [1.807, 2.05) is 25.1 Å². The second-order valence-corrected chi connectivity index (χ2v) is 5.38. The van der Waals surface area contributed by atoms with Crippen molar-refractivity contribution in [2.24, 2.45) is 0 Å². The Balaban J connectivity index is 1.92. The Bertz CT molecular complexity index is 646. The van der Waals surface area contributed by atoms with Gasteiger partial charge in [-0.2, -0.15) is 0 Å². The maximum atomic E-state index is 13.5. The zero-order chi connectivity index (χ0) is 15.2. The van der Waals surface area contributed by atoms with Gasteiger partial charge in [0, 0.05) is 10.2 Å². The minimum absolute atomic E-state index is 0.0515. The van der Waals surface area contributed by atoms with Crippen LogP contribution in [0.4, 0.5) is 10.1 Å². The first-order chi connectivity index (χ1) is 10.1. The predicted molar refractivity (Wildman–Crippen MR) is 84.0 cm³/mol. The molecule has 2 aromatic rings. The predicted octanol–water partition coefficient (Wildman–Crippen LogP) is 4.17. The Kier molecular flexibility index (Phi) is 5.33. The molecule has 1 N–H and O–H groups in total. The summed E-state index contributed by atoms with van der Waals surface area (Å²) in [6.07, 6.45) is 0.893. The van der Waals surface area contributed by atoms with E-state index in [2.05, 4.69) is 21.2 Å². The highest BCUT2D eigenvalue weighted by atomic mass is 79.9. The van der Waals surface area contributed by atoms with Crippen molar-refractivity contribution in [2.45, 2.75) is 13.3 Å². The van der Waals surface area contributed by atoms with Crippen LogP contribution in [0.2, 0.25) is 0 Å². The molecule has 0 spiro atoms. The number of hydrogen-bond donors (Lipinski definition) is 1. The molecular weight excluding hydrogens is 337 g/mol. The summed E-state index contributed by atoms with van der Waals surface area (Å²) in [5, 5.41) is 2.72. The minimum atomic E-state index is -0.509. The number of amides is 1. The number of carbonyl (C=O) groups excluding carboxylic acids is 1. The largest absolute Gasteiger partial charge is 0.481 e. The average molecular weight is 352 g/mol. The van der Waals surface area contributed by atoms with Crippen LogP contribution in [0.15, 0.2) is 46.9 Å². The summed E-state index contributed by atoms with van der Waals surface area (Å²) < 4.78 is 19.3. The Hall–Kier alpha value is -1.88. The molecule has 0 aromatic heterocycles. The molecule has 0 fully saturated rings. The lowest BCUT2D eigenvalue weighted by atomic mass is 10.1. The van der Waals surface area contributed by atoms with E-state index in [-0.39, 0.29) is 18.3 Å². The second-order valence-electron chi connectivity index (χ2n) is 4.47. The Morgan fingerprint density at radius 1 is 1.29 bits per heavy atom. The first kappa shape index (κ1) is 15.5. The standard InChI is InChI=1S/C16H15BrFNO2/c1-2-11-4-3-5-13(8-11)19-16(20)10-21-15-7-6-12(17)9-14(15)18/h3-9H,2,10H2,1H3,(H,19,20). The summed E-state index contributed by atoms with van der Waals surface area (Å²) in [7, 11) is 0. The Morgan fingerprint density at radius 2 is 2.10 bits per heavy atom. The molecule has 0 saturated heterocycles. The molecule has 0 heterocycles. The molecule has 0 bridgehead atoms. The van der Waals surface area contributed by atoms with Crippen LogP contribution in [0.25, 0.3) is 0 Å². The van der Waals surface area contributed by atoms with Crippen LogP contribution < -0.4 is 10.1 Å². The van der Waals surface area contributed by atoms with Gasteiger partial charge in [0.1, 0.15) is 0 Å². The fourth-order valence-electron chi connectivity index (χ4n) is 1.80. The molecule has 3 nitrogen and oxygen atoms in total. The highest BCUT2D eigenvalue weighted by Gasteiger charge is 2.08. The van der Waals surface area contributed by atoms with E-state index in [9.17, 15) is 9.18 Å². The first-order valence-electron chi connectivity index (χ1n) is 6.55. The molecule has 21 heavy (non-hydrogen) atoms. The smallest absolute Gasteiger partial charge is 0.262 e. The van der Waals surface area contributed by atoms with Gasteiger partial charge in [0.25, 0.3) is 5.91 Å². The molecule has 0 aliphatic heterocycles. The molecule has 110 valence electrons. The van der Waals surface area contributed by atoms with Gasteiger partial charge in [0.2, 0.25) is 0 Å². The van der Waals surface area contributed by atoms with Gasteiger partial charge >= 0.3 is 0 Å². The fourth-order valence-corrected chi connectivity index (χ4v) is 2.13. The normalized spacial score (nSPS) is 10.2. The van der Waals surface area contributed by atoms with Crippen molar-refractivity contribution in [1.82, 2.24) is 0 Å². The molecule has 0 unspecified atom stereocenters. The lowest BCUT2D eigenvalue weighted by Gasteiger charge is -2.09. The van der Waals surface area contributed by atoms with Gasteiger partial charge in [0.05, 0.1) is 0 Å². The minimum Gasteiger partial charge on any atom is -0.481 e. The number of aryl methyl sites for hydroxylation is 1. The number of benzene rings is 2. The van der Waals surface area contributed by atoms with Crippen LogP contribution in [-0.4, -0.2) is 12.5 Å². The van der Waals surface area contributed by atoms with Gasteiger partial charge in [-0.15, -0.1) is 0 Å². The molecule has 1 amide bonds. The topological polar surface area (TPSA) is 38.3 Å². The lowest BCUT2D eigenvalue weighted by Crippen LogP contribution is -2.20. The summed E-state index contributed by atoms with van der Waals surface area (Å²) in [5.41, 5.74) is 1.84. The van der Waals surface area contributed by atoms with Gasteiger partial charge in [-0.1, -0.05) is 35.0 Å². The van der Waals surface area contributed by atoms with E-state index in [1.165, 1.54) is 12.1 Å². The monoisotopic (exact) mass is 351 g/mol. The Labute approximate surface area is 131 Å². The molecule has 0 radical (unpaired) electrons. The molecule has 0 aliphatic carbocycles. The molecule has 0 saturated carbocycles. The first-order valence-corrected chi connectivity index (χ1v) is 7.34. The summed E-state index contributed by atoms with van der Waals surface area (Å²) in [4.78, 5) is 11.8. The highest BCUT2D eigenvalue weighted by molar-refractivity contribution is 9.10. The summed E-state index contributed by atoms with van der Waals surface area (Å²) in [6, 6.07) is 12.0. The molecular formula is C16H15BrFNO2. The van der Waals surface area contributed by atoms with E-state index in [0.29, 0.717) is 10.2 Å². The third-order valence-corrected chi connectivity index (χ3v) is 3.36. The quantitative estimate of drug-likeness (QED) is 0.877. The molecule has 2 aromatic carbocycles. The molecule has 0 aliphatic rings. The number of ether oxygens (including phenoxy) is 1. The summed E-state index contributed by atoms with van der Waals surface area (Å²) in [6.45, 7) is 1.80. The maximum absolute atomic E-state index is 13.5. The molecule has 0 atom stereocenters. The number of rotatable bonds is 5.